The van der Waals surface area contributed by atoms with Gasteiger partial charge in [-0.15, -0.1) is 0 Å². The molecular weight excluding hydrogens is 268 g/mol. The molecule has 6 nitrogen and oxygen atoms in total. The van der Waals surface area contributed by atoms with Gasteiger partial charge in [-0.25, -0.2) is 0 Å². The van der Waals surface area contributed by atoms with Crippen molar-refractivity contribution in [1.82, 2.24) is 10.2 Å². The van der Waals surface area contributed by atoms with Crippen molar-refractivity contribution in [3.8, 4) is 6.07 Å². The molecule has 0 aliphatic heterocycles. The zero-order chi connectivity index (χ0) is 15.2. The van der Waals surface area contributed by atoms with E-state index >= 15 is 0 Å². The van der Waals surface area contributed by atoms with E-state index in [-0.39, 0.29) is 24.9 Å². The molecular formula is C15H18N4O2. The highest BCUT2D eigenvalue weighted by Gasteiger charge is 2.23. The van der Waals surface area contributed by atoms with Gasteiger partial charge >= 0.3 is 0 Å². The Morgan fingerprint density at radius 2 is 1.95 bits per heavy atom. The summed E-state index contributed by atoms with van der Waals surface area (Å²) in [6.07, 6.45) is 2.09. The molecule has 0 spiro atoms. The molecule has 0 bridgehead atoms. The van der Waals surface area contributed by atoms with Gasteiger partial charge in [-0.3, -0.25) is 14.5 Å². The quantitative estimate of drug-likeness (QED) is 0.806. The molecule has 1 aromatic rings. The first-order valence-electron chi connectivity index (χ1n) is 6.85. The van der Waals surface area contributed by atoms with Crippen LogP contribution in [-0.4, -0.2) is 42.9 Å². The van der Waals surface area contributed by atoms with Crippen LogP contribution in [0.15, 0.2) is 24.3 Å². The van der Waals surface area contributed by atoms with Gasteiger partial charge in [0.05, 0.1) is 24.3 Å². The first-order chi connectivity index (χ1) is 10.1. The van der Waals surface area contributed by atoms with Crippen LogP contribution in [0.3, 0.4) is 0 Å². The lowest BCUT2D eigenvalue weighted by atomic mass is 10.2. The van der Waals surface area contributed by atoms with Crippen LogP contribution in [0.4, 0.5) is 5.69 Å². The molecule has 2 N–H and O–H groups in total. The molecule has 2 rings (SSSR count). The van der Waals surface area contributed by atoms with E-state index in [2.05, 4.69) is 10.6 Å². The Balaban J connectivity index is 1.80. The van der Waals surface area contributed by atoms with Crippen LogP contribution in [0.1, 0.15) is 18.4 Å². The van der Waals surface area contributed by atoms with Gasteiger partial charge in [0.25, 0.3) is 0 Å². The second kappa shape index (κ2) is 6.86. The second-order valence-electron chi connectivity index (χ2n) is 5.22. The number of para-hydroxylation sites is 1. The van der Waals surface area contributed by atoms with Crippen molar-refractivity contribution >= 4 is 17.5 Å². The standard InChI is InChI=1S/C15H18N4O2/c1-19(9-14(20)17-12-6-7-12)10-15(21)18-13-5-3-2-4-11(13)8-16/h2-5,12H,6-7,9-10H2,1H3,(H,17,20)(H,18,21). The lowest BCUT2D eigenvalue weighted by molar-refractivity contribution is -0.123. The highest BCUT2D eigenvalue weighted by atomic mass is 16.2. The molecule has 1 fully saturated rings. The fourth-order valence-corrected chi connectivity index (χ4v) is 1.93. The molecule has 2 amide bonds. The summed E-state index contributed by atoms with van der Waals surface area (Å²) in [4.78, 5) is 25.2. The molecule has 0 aromatic heterocycles. The van der Waals surface area contributed by atoms with Crippen LogP contribution >= 0.6 is 0 Å². The number of carbonyl (C=O) groups is 2. The van der Waals surface area contributed by atoms with Crippen LogP contribution in [-0.2, 0) is 9.59 Å². The van der Waals surface area contributed by atoms with E-state index in [4.69, 9.17) is 5.26 Å². The van der Waals surface area contributed by atoms with Crippen LogP contribution in [0, 0.1) is 11.3 Å². The molecule has 1 saturated carbocycles. The monoisotopic (exact) mass is 286 g/mol. The number of rotatable bonds is 6. The Kier molecular flexibility index (Phi) is 4.90. The number of anilines is 1. The number of hydrogen-bond acceptors (Lipinski definition) is 4. The van der Waals surface area contributed by atoms with Crippen LogP contribution in [0.2, 0.25) is 0 Å². The van der Waals surface area contributed by atoms with Gasteiger partial charge in [-0.2, -0.15) is 5.26 Å². The molecule has 0 unspecified atom stereocenters. The minimum atomic E-state index is -0.251. The van der Waals surface area contributed by atoms with Gasteiger partial charge in [-0.05, 0) is 32.0 Å². The van der Waals surface area contributed by atoms with E-state index in [1.54, 1.807) is 36.2 Å². The summed E-state index contributed by atoms with van der Waals surface area (Å²) in [5, 5.41) is 14.5. The largest absolute Gasteiger partial charge is 0.352 e. The molecule has 6 heteroatoms. The van der Waals surface area contributed by atoms with Crippen LogP contribution in [0.5, 0.6) is 0 Å². The summed E-state index contributed by atoms with van der Waals surface area (Å²) in [5.41, 5.74) is 0.904. The molecule has 1 aliphatic carbocycles. The SMILES string of the molecule is CN(CC(=O)Nc1ccccc1C#N)CC(=O)NC1CC1. The van der Waals surface area contributed by atoms with E-state index in [0.717, 1.165) is 12.8 Å². The van der Waals surface area contributed by atoms with Gasteiger partial charge in [0.15, 0.2) is 0 Å². The van der Waals surface area contributed by atoms with Gasteiger partial charge in [0.2, 0.25) is 11.8 Å². The van der Waals surface area contributed by atoms with E-state index in [9.17, 15) is 9.59 Å². The van der Waals surface area contributed by atoms with Crippen molar-refractivity contribution in [3.05, 3.63) is 29.8 Å². The zero-order valence-corrected chi connectivity index (χ0v) is 11.9. The minimum Gasteiger partial charge on any atom is -0.352 e. The molecule has 0 heterocycles. The lowest BCUT2D eigenvalue weighted by Gasteiger charge is -2.16. The Morgan fingerprint density at radius 3 is 2.62 bits per heavy atom. The molecule has 110 valence electrons. The van der Waals surface area contributed by atoms with Gasteiger partial charge < -0.3 is 10.6 Å². The number of nitriles is 1. The van der Waals surface area contributed by atoms with Crippen molar-refractivity contribution in [2.75, 3.05) is 25.5 Å². The third kappa shape index (κ3) is 4.89. The highest BCUT2D eigenvalue weighted by Crippen LogP contribution is 2.18. The molecule has 0 saturated heterocycles. The summed E-state index contributed by atoms with van der Waals surface area (Å²) >= 11 is 0. The molecule has 21 heavy (non-hydrogen) atoms. The predicted octanol–water partition coefficient (Wildman–Crippen LogP) is 0.707. The first-order valence-corrected chi connectivity index (χ1v) is 6.85. The average molecular weight is 286 g/mol. The molecule has 0 radical (unpaired) electrons. The number of nitrogens with zero attached hydrogens (tertiary/aromatic N) is 2. The third-order valence-electron chi connectivity index (χ3n) is 3.09. The fraction of sp³-hybridized carbons (Fsp3) is 0.400. The summed E-state index contributed by atoms with van der Waals surface area (Å²) in [6, 6.07) is 9.15. The Hall–Kier alpha value is -2.39. The van der Waals surface area contributed by atoms with Crippen molar-refractivity contribution in [2.24, 2.45) is 0 Å². The number of benzene rings is 1. The number of carbonyl (C=O) groups excluding carboxylic acids is 2. The summed E-state index contributed by atoms with van der Waals surface area (Å²) in [6.45, 7) is 0.279. The average Bonchev–Trinajstić information content (AvgIpc) is 3.22. The summed E-state index contributed by atoms with van der Waals surface area (Å²) in [5.74, 6) is -0.315. The first kappa shape index (κ1) is 15.0. The minimum absolute atomic E-state index is 0.0646. The smallest absolute Gasteiger partial charge is 0.238 e. The van der Waals surface area contributed by atoms with E-state index in [1.165, 1.54) is 0 Å². The molecule has 1 aliphatic rings. The van der Waals surface area contributed by atoms with E-state index in [0.29, 0.717) is 17.3 Å². The van der Waals surface area contributed by atoms with Gasteiger partial charge in [-0.1, -0.05) is 12.1 Å². The Labute approximate surface area is 123 Å². The van der Waals surface area contributed by atoms with E-state index in [1.807, 2.05) is 6.07 Å². The lowest BCUT2D eigenvalue weighted by Crippen LogP contribution is -2.39. The maximum atomic E-state index is 11.9. The fourth-order valence-electron chi connectivity index (χ4n) is 1.93. The van der Waals surface area contributed by atoms with Crippen molar-refractivity contribution < 1.29 is 9.59 Å². The van der Waals surface area contributed by atoms with Crippen molar-refractivity contribution in [2.45, 2.75) is 18.9 Å². The van der Waals surface area contributed by atoms with Crippen molar-refractivity contribution in [1.29, 1.82) is 5.26 Å². The number of likely N-dealkylation sites (N-methyl/N-ethyl adjacent to an activating group) is 1. The zero-order valence-electron chi connectivity index (χ0n) is 11.9. The Morgan fingerprint density at radius 1 is 1.29 bits per heavy atom. The number of amides is 2. The van der Waals surface area contributed by atoms with Crippen LogP contribution in [0.25, 0.3) is 0 Å². The third-order valence-corrected chi connectivity index (χ3v) is 3.09. The van der Waals surface area contributed by atoms with Crippen molar-refractivity contribution in [3.63, 3.8) is 0 Å². The van der Waals surface area contributed by atoms with Gasteiger partial charge in [0.1, 0.15) is 6.07 Å². The highest BCUT2D eigenvalue weighted by molar-refractivity contribution is 5.93. The van der Waals surface area contributed by atoms with Crippen LogP contribution < -0.4 is 10.6 Å². The Bertz CT molecular complexity index is 575. The maximum absolute atomic E-state index is 11.9. The molecule has 1 aromatic carbocycles. The summed E-state index contributed by atoms with van der Waals surface area (Å²) < 4.78 is 0. The van der Waals surface area contributed by atoms with Gasteiger partial charge in [0, 0.05) is 6.04 Å². The normalized spacial score (nSPS) is 13.6. The number of nitrogens with one attached hydrogen (secondary N) is 2. The molecule has 0 atom stereocenters. The topological polar surface area (TPSA) is 85.2 Å². The predicted molar refractivity (Wildman–Crippen MR) is 78.4 cm³/mol. The summed E-state index contributed by atoms with van der Waals surface area (Å²) in [7, 11) is 1.71. The maximum Gasteiger partial charge on any atom is 0.238 e. The second-order valence-corrected chi connectivity index (χ2v) is 5.22. The number of hydrogen-bond donors (Lipinski definition) is 2. The van der Waals surface area contributed by atoms with E-state index < -0.39 is 0 Å².